The van der Waals surface area contributed by atoms with E-state index in [2.05, 4.69) is 4.72 Å². The molecule has 0 saturated carbocycles. The lowest BCUT2D eigenvalue weighted by molar-refractivity contribution is -0.139. The molecule has 144 valence electrons. The summed E-state index contributed by atoms with van der Waals surface area (Å²) in [5.41, 5.74) is 1.86. The molecule has 0 spiro atoms. The normalized spacial score (nSPS) is 16.3. The van der Waals surface area contributed by atoms with Gasteiger partial charge in [0.1, 0.15) is 11.5 Å². The topological polar surface area (TPSA) is 102 Å². The third kappa shape index (κ3) is 4.78. The summed E-state index contributed by atoms with van der Waals surface area (Å²) in [6.45, 7) is 2.17. The molecule has 0 aliphatic carbocycles. The SMILES string of the molecule is Cc1ccc(S(=O)(=O)NCC2CCOc3cc(OCC(=O)O)ccc32)cc1. The number of aryl methyl sites for hydroxylation is 1. The highest BCUT2D eigenvalue weighted by Crippen LogP contribution is 2.36. The standard InChI is InChI=1S/C19H21NO6S/c1-13-2-5-16(6-3-13)27(23,24)20-11-14-8-9-25-18-10-15(4-7-17(14)18)26-12-19(21)22/h2-7,10,14,20H,8-9,11-12H2,1H3,(H,21,22). The van der Waals surface area contributed by atoms with Gasteiger partial charge >= 0.3 is 5.97 Å². The molecule has 0 aromatic heterocycles. The molecule has 1 aliphatic heterocycles. The summed E-state index contributed by atoms with van der Waals surface area (Å²) in [6.07, 6.45) is 0.679. The smallest absolute Gasteiger partial charge is 0.341 e. The van der Waals surface area contributed by atoms with Crippen LogP contribution in [-0.2, 0) is 14.8 Å². The second kappa shape index (κ2) is 7.98. The largest absolute Gasteiger partial charge is 0.493 e. The Bertz CT molecular complexity index is 924. The number of hydrogen-bond acceptors (Lipinski definition) is 5. The van der Waals surface area contributed by atoms with E-state index in [0.29, 0.717) is 24.5 Å². The Kier molecular flexibility index (Phi) is 5.67. The fourth-order valence-corrected chi connectivity index (χ4v) is 3.98. The minimum atomic E-state index is -3.59. The Hall–Kier alpha value is -2.58. The first-order chi connectivity index (χ1) is 12.8. The molecule has 0 bridgehead atoms. The van der Waals surface area contributed by atoms with Crippen molar-refractivity contribution < 1.29 is 27.8 Å². The molecule has 0 saturated heterocycles. The fraction of sp³-hybridized carbons (Fsp3) is 0.316. The number of carbonyl (C=O) groups is 1. The molecule has 27 heavy (non-hydrogen) atoms. The highest BCUT2D eigenvalue weighted by atomic mass is 32.2. The lowest BCUT2D eigenvalue weighted by Crippen LogP contribution is -2.30. The predicted octanol–water partition coefficient (Wildman–Crippen LogP) is 2.30. The molecule has 1 unspecified atom stereocenters. The minimum absolute atomic E-state index is 0.0394. The maximum atomic E-state index is 12.5. The Morgan fingerprint density at radius 3 is 2.70 bits per heavy atom. The lowest BCUT2D eigenvalue weighted by Gasteiger charge is -2.26. The van der Waals surface area contributed by atoms with Crippen LogP contribution in [0.15, 0.2) is 47.4 Å². The molecule has 1 aliphatic rings. The van der Waals surface area contributed by atoms with Gasteiger partial charge in [0, 0.05) is 18.5 Å². The van der Waals surface area contributed by atoms with Crippen LogP contribution in [0.3, 0.4) is 0 Å². The summed E-state index contributed by atoms with van der Waals surface area (Å²) in [4.78, 5) is 10.8. The van der Waals surface area contributed by atoms with E-state index in [0.717, 1.165) is 11.1 Å². The van der Waals surface area contributed by atoms with Crippen molar-refractivity contribution in [2.75, 3.05) is 19.8 Å². The summed E-state index contributed by atoms with van der Waals surface area (Å²) in [5.74, 6) is -0.111. The van der Waals surface area contributed by atoms with Crippen molar-refractivity contribution in [2.24, 2.45) is 0 Å². The van der Waals surface area contributed by atoms with Crippen LogP contribution in [-0.4, -0.2) is 39.3 Å². The van der Waals surface area contributed by atoms with Gasteiger partial charge < -0.3 is 14.6 Å². The van der Waals surface area contributed by atoms with Crippen LogP contribution in [0, 0.1) is 6.92 Å². The molecule has 2 aromatic carbocycles. The summed E-state index contributed by atoms with van der Waals surface area (Å²) in [7, 11) is -3.59. The summed E-state index contributed by atoms with van der Waals surface area (Å²) >= 11 is 0. The molecule has 0 radical (unpaired) electrons. The number of carboxylic acids is 1. The van der Waals surface area contributed by atoms with E-state index >= 15 is 0 Å². The van der Waals surface area contributed by atoms with Gasteiger partial charge in [0.05, 0.1) is 11.5 Å². The quantitative estimate of drug-likeness (QED) is 0.751. The van der Waals surface area contributed by atoms with Crippen LogP contribution < -0.4 is 14.2 Å². The molecule has 2 aromatic rings. The first-order valence-electron chi connectivity index (χ1n) is 8.53. The van der Waals surface area contributed by atoms with Gasteiger partial charge in [0.25, 0.3) is 0 Å². The highest BCUT2D eigenvalue weighted by Gasteiger charge is 2.24. The zero-order valence-corrected chi connectivity index (χ0v) is 15.7. The van der Waals surface area contributed by atoms with Crippen molar-refractivity contribution in [3.63, 3.8) is 0 Å². The van der Waals surface area contributed by atoms with E-state index < -0.39 is 22.6 Å². The average Bonchev–Trinajstić information content (AvgIpc) is 2.64. The summed E-state index contributed by atoms with van der Waals surface area (Å²) in [5, 5.41) is 8.69. The third-order valence-electron chi connectivity index (χ3n) is 4.36. The first kappa shape index (κ1) is 19.2. The van der Waals surface area contributed by atoms with Gasteiger partial charge in [-0.3, -0.25) is 0 Å². The van der Waals surface area contributed by atoms with Gasteiger partial charge in [0.2, 0.25) is 10.0 Å². The van der Waals surface area contributed by atoms with Crippen LogP contribution >= 0.6 is 0 Å². The van der Waals surface area contributed by atoms with Crippen molar-refractivity contribution >= 4 is 16.0 Å². The van der Waals surface area contributed by atoms with Crippen LogP contribution in [0.5, 0.6) is 11.5 Å². The van der Waals surface area contributed by atoms with E-state index in [9.17, 15) is 13.2 Å². The van der Waals surface area contributed by atoms with E-state index in [1.54, 1.807) is 42.5 Å². The molecule has 7 nitrogen and oxygen atoms in total. The van der Waals surface area contributed by atoms with E-state index in [1.807, 2.05) is 6.92 Å². The molecule has 1 heterocycles. The van der Waals surface area contributed by atoms with Gasteiger partial charge in [-0.2, -0.15) is 0 Å². The monoisotopic (exact) mass is 391 g/mol. The molecule has 3 rings (SSSR count). The van der Waals surface area contributed by atoms with Crippen molar-refractivity contribution in [3.8, 4) is 11.5 Å². The lowest BCUT2D eigenvalue weighted by atomic mass is 9.93. The van der Waals surface area contributed by atoms with E-state index in [1.165, 1.54) is 0 Å². The maximum absolute atomic E-state index is 12.5. The molecule has 8 heteroatoms. The minimum Gasteiger partial charge on any atom is -0.493 e. The number of ether oxygens (including phenoxy) is 2. The van der Waals surface area contributed by atoms with Gasteiger partial charge in [-0.05, 0) is 37.1 Å². The van der Waals surface area contributed by atoms with Crippen molar-refractivity contribution in [1.82, 2.24) is 4.72 Å². The van der Waals surface area contributed by atoms with Crippen LogP contribution in [0.2, 0.25) is 0 Å². The van der Waals surface area contributed by atoms with Crippen molar-refractivity contribution in [1.29, 1.82) is 0 Å². The fourth-order valence-electron chi connectivity index (χ4n) is 2.90. The summed E-state index contributed by atoms with van der Waals surface area (Å²) < 4.78 is 38.4. The average molecular weight is 391 g/mol. The van der Waals surface area contributed by atoms with E-state index in [-0.39, 0.29) is 17.4 Å². The number of fused-ring (bicyclic) bond motifs is 1. The first-order valence-corrected chi connectivity index (χ1v) is 10.0. The number of rotatable bonds is 7. The third-order valence-corrected chi connectivity index (χ3v) is 5.80. The molecular weight excluding hydrogens is 370 g/mol. The zero-order valence-electron chi connectivity index (χ0n) is 14.8. The number of hydrogen-bond donors (Lipinski definition) is 2. The molecule has 1 atom stereocenters. The zero-order chi connectivity index (χ0) is 19.4. The Morgan fingerprint density at radius 2 is 2.00 bits per heavy atom. The Labute approximate surface area is 158 Å². The van der Waals surface area contributed by atoms with Crippen LogP contribution in [0.25, 0.3) is 0 Å². The van der Waals surface area contributed by atoms with Crippen molar-refractivity contribution in [3.05, 3.63) is 53.6 Å². The second-order valence-electron chi connectivity index (χ2n) is 6.38. The highest BCUT2D eigenvalue weighted by molar-refractivity contribution is 7.89. The maximum Gasteiger partial charge on any atom is 0.341 e. The number of benzene rings is 2. The van der Waals surface area contributed by atoms with Crippen LogP contribution in [0.1, 0.15) is 23.5 Å². The number of nitrogens with one attached hydrogen (secondary N) is 1. The second-order valence-corrected chi connectivity index (χ2v) is 8.15. The molecule has 0 fully saturated rings. The van der Waals surface area contributed by atoms with Gasteiger partial charge in [-0.25, -0.2) is 17.9 Å². The predicted molar refractivity (Wildman–Crippen MR) is 98.8 cm³/mol. The van der Waals surface area contributed by atoms with E-state index in [4.69, 9.17) is 14.6 Å². The molecular formula is C19H21NO6S. The van der Waals surface area contributed by atoms with Gasteiger partial charge in [-0.15, -0.1) is 0 Å². The van der Waals surface area contributed by atoms with Crippen LogP contribution in [0.4, 0.5) is 0 Å². The van der Waals surface area contributed by atoms with Gasteiger partial charge in [0.15, 0.2) is 6.61 Å². The number of carboxylic acid groups (broad SMARTS) is 1. The Balaban J connectivity index is 1.70. The van der Waals surface area contributed by atoms with Crippen molar-refractivity contribution in [2.45, 2.75) is 24.2 Å². The van der Waals surface area contributed by atoms with Gasteiger partial charge in [-0.1, -0.05) is 23.8 Å². The Morgan fingerprint density at radius 1 is 1.26 bits per heavy atom. The number of sulfonamides is 1. The molecule has 0 amide bonds. The summed E-state index contributed by atoms with van der Waals surface area (Å²) in [6, 6.07) is 11.8. The number of aliphatic carboxylic acids is 1. The molecule has 2 N–H and O–H groups in total.